The van der Waals surface area contributed by atoms with Crippen molar-refractivity contribution in [2.24, 2.45) is 0 Å². The van der Waals surface area contributed by atoms with Crippen LogP contribution in [0, 0.1) is 0 Å². The van der Waals surface area contributed by atoms with Gasteiger partial charge in [0, 0.05) is 12.5 Å². The highest BCUT2D eigenvalue weighted by Crippen LogP contribution is 2.12. The normalized spacial score (nSPS) is 11.4. The summed E-state index contributed by atoms with van der Waals surface area (Å²) in [7, 11) is 0. The first kappa shape index (κ1) is 22.0. The number of hydrogen-bond donors (Lipinski definition) is 0. The van der Waals surface area contributed by atoms with Crippen molar-refractivity contribution in [1.29, 1.82) is 0 Å². The summed E-state index contributed by atoms with van der Waals surface area (Å²) in [5.74, 6) is -2.27. The summed E-state index contributed by atoms with van der Waals surface area (Å²) < 4.78 is 9.41. The molecular formula is C23H24O6. The summed E-state index contributed by atoms with van der Waals surface area (Å²) in [5.41, 5.74) is 3.17. The molecule has 152 valence electrons. The number of hydrogen-bond acceptors (Lipinski definition) is 6. The molecule has 0 fully saturated rings. The van der Waals surface area contributed by atoms with Gasteiger partial charge in [-0.25, -0.2) is 9.59 Å². The van der Waals surface area contributed by atoms with Crippen LogP contribution in [-0.4, -0.2) is 29.8 Å². The fourth-order valence-electron chi connectivity index (χ4n) is 2.74. The standard InChI is InChI=1S/C23H24O6/c1-15(24)20-11-7-18(8-12-20)5-4-6-19-9-13-21(14-10-19)23(27)29-22(26)16(2)28-17(3)25/h7-14,16H,4-6H2,1-3H3. The third-order valence-electron chi connectivity index (χ3n) is 4.35. The van der Waals surface area contributed by atoms with Crippen molar-refractivity contribution in [2.75, 3.05) is 0 Å². The molecule has 0 spiro atoms. The minimum atomic E-state index is -1.14. The van der Waals surface area contributed by atoms with Gasteiger partial charge in [0.25, 0.3) is 0 Å². The first-order valence-electron chi connectivity index (χ1n) is 9.38. The maximum atomic E-state index is 12.0. The number of carbonyl (C=O) groups excluding carboxylic acids is 4. The molecule has 29 heavy (non-hydrogen) atoms. The van der Waals surface area contributed by atoms with Gasteiger partial charge in [-0.2, -0.15) is 0 Å². The number of ketones is 1. The molecule has 6 heteroatoms. The molecule has 0 N–H and O–H groups in total. The molecule has 0 bridgehead atoms. The SMILES string of the molecule is CC(=O)OC(C)C(=O)OC(=O)c1ccc(CCCc2ccc(C(C)=O)cc2)cc1. The van der Waals surface area contributed by atoms with Crippen molar-refractivity contribution in [2.45, 2.75) is 46.1 Å². The average molecular weight is 396 g/mol. The Kier molecular flexibility index (Phi) is 7.83. The highest BCUT2D eigenvalue weighted by atomic mass is 16.6. The Morgan fingerprint density at radius 1 is 0.793 bits per heavy atom. The van der Waals surface area contributed by atoms with E-state index in [0.717, 1.165) is 30.4 Å². The Bertz CT molecular complexity index is 881. The number of Topliss-reactive ketones (excluding diaryl/α,β-unsaturated/α-hetero) is 1. The summed E-state index contributed by atoms with van der Waals surface area (Å²) in [6, 6.07) is 14.4. The number of carbonyl (C=O) groups is 4. The van der Waals surface area contributed by atoms with Gasteiger partial charge in [0.2, 0.25) is 0 Å². The summed E-state index contributed by atoms with van der Waals surface area (Å²) in [5, 5.41) is 0. The third-order valence-corrected chi connectivity index (χ3v) is 4.35. The molecule has 0 heterocycles. The topological polar surface area (TPSA) is 86.7 Å². The van der Waals surface area contributed by atoms with E-state index >= 15 is 0 Å². The summed E-state index contributed by atoms with van der Waals surface area (Å²) in [6.45, 7) is 4.06. The van der Waals surface area contributed by atoms with Gasteiger partial charge in [-0.3, -0.25) is 9.59 Å². The van der Waals surface area contributed by atoms with E-state index in [0.29, 0.717) is 5.56 Å². The zero-order valence-electron chi connectivity index (χ0n) is 16.8. The molecule has 2 rings (SSSR count). The lowest BCUT2D eigenvalue weighted by atomic mass is 10.0. The van der Waals surface area contributed by atoms with Crippen molar-refractivity contribution in [3.63, 3.8) is 0 Å². The van der Waals surface area contributed by atoms with Gasteiger partial charge in [0.15, 0.2) is 11.9 Å². The second-order valence-electron chi connectivity index (χ2n) is 6.76. The minimum Gasteiger partial charge on any atom is -0.451 e. The number of benzene rings is 2. The van der Waals surface area contributed by atoms with Crippen LogP contribution < -0.4 is 0 Å². The van der Waals surface area contributed by atoms with Crippen LogP contribution in [0.4, 0.5) is 0 Å². The van der Waals surface area contributed by atoms with Gasteiger partial charge in [-0.05, 0) is 56.4 Å². The molecule has 6 nitrogen and oxygen atoms in total. The molecule has 0 amide bonds. The first-order valence-corrected chi connectivity index (χ1v) is 9.38. The number of aryl methyl sites for hydroxylation is 2. The monoisotopic (exact) mass is 396 g/mol. The highest BCUT2D eigenvalue weighted by Gasteiger charge is 2.21. The molecule has 0 aliphatic carbocycles. The average Bonchev–Trinajstić information content (AvgIpc) is 2.68. The molecule has 0 saturated carbocycles. The lowest BCUT2D eigenvalue weighted by molar-refractivity contribution is -0.161. The van der Waals surface area contributed by atoms with E-state index in [1.54, 1.807) is 19.1 Å². The van der Waals surface area contributed by atoms with E-state index in [4.69, 9.17) is 4.74 Å². The molecule has 2 aromatic carbocycles. The number of rotatable bonds is 8. The molecule has 0 saturated heterocycles. The molecule has 0 aliphatic rings. The largest absolute Gasteiger partial charge is 0.451 e. The summed E-state index contributed by atoms with van der Waals surface area (Å²) >= 11 is 0. The van der Waals surface area contributed by atoms with Crippen molar-refractivity contribution in [1.82, 2.24) is 0 Å². The fourth-order valence-corrected chi connectivity index (χ4v) is 2.74. The Balaban J connectivity index is 1.83. The smallest absolute Gasteiger partial charge is 0.355 e. The predicted octanol–water partition coefficient (Wildman–Crippen LogP) is 3.70. The minimum absolute atomic E-state index is 0.0534. The number of ether oxygens (including phenoxy) is 2. The maximum Gasteiger partial charge on any atom is 0.355 e. The third kappa shape index (κ3) is 6.99. The van der Waals surface area contributed by atoms with E-state index in [1.807, 2.05) is 36.4 Å². The van der Waals surface area contributed by atoms with Crippen LogP contribution in [0.3, 0.4) is 0 Å². The lowest BCUT2D eigenvalue weighted by Crippen LogP contribution is -2.27. The summed E-state index contributed by atoms with van der Waals surface area (Å²) in [6.07, 6.45) is 1.48. The Morgan fingerprint density at radius 2 is 1.28 bits per heavy atom. The van der Waals surface area contributed by atoms with Gasteiger partial charge >= 0.3 is 17.9 Å². The van der Waals surface area contributed by atoms with Crippen molar-refractivity contribution in [3.05, 3.63) is 70.8 Å². The van der Waals surface area contributed by atoms with Crippen LogP contribution in [0.15, 0.2) is 48.5 Å². The maximum absolute atomic E-state index is 12.0. The highest BCUT2D eigenvalue weighted by molar-refractivity contribution is 5.98. The Labute approximate surface area is 169 Å². The van der Waals surface area contributed by atoms with Crippen LogP contribution >= 0.6 is 0 Å². The molecule has 0 radical (unpaired) electrons. The van der Waals surface area contributed by atoms with Crippen molar-refractivity contribution < 1.29 is 28.7 Å². The van der Waals surface area contributed by atoms with Gasteiger partial charge in [-0.15, -0.1) is 0 Å². The van der Waals surface area contributed by atoms with Crippen molar-refractivity contribution in [3.8, 4) is 0 Å². The molecule has 2 aromatic rings. The van der Waals surface area contributed by atoms with Gasteiger partial charge in [0.05, 0.1) is 5.56 Å². The summed E-state index contributed by atoms with van der Waals surface area (Å²) in [4.78, 5) is 45.9. The Morgan fingerprint density at radius 3 is 1.72 bits per heavy atom. The van der Waals surface area contributed by atoms with Crippen LogP contribution in [-0.2, 0) is 31.9 Å². The van der Waals surface area contributed by atoms with Gasteiger partial charge in [0.1, 0.15) is 0 Å². The first-order chi connectivity index (χ1) is 13.8. The molecule has 0 aromatic heterocycles. The Hall–Kier alpha value is -3.28. The number of esters is 3. The van der Waals surface area contributed by atoms with E-state index < -0.39 is 24.0 Å². The second kappa shape index (κ2) is 10.3. The van der Waals surface area contributed by atoms with Gasteiger partial charge < -0.3 is 9.47 Å². The zero-order chi connectivity index (χ0) is 21.4. The second-order valence-corrected chi connectivity index (χ2v) is 6.76. The quantitative estimate of drug-likeness (QED) is 0.384. The van der Waals surface area contributed by atoms with E-state index in [-0.39, 0.29) is 11.3 Å². The van der Waals surface area contributed by atoms with E-state index in [9.17, 15) is 19.2 Å². The van der Waals surface area contributed by atoms with E-state index in [1.165, 1.54) is 13.8 Å². The lowest BCUT2D eigenvalue weighted by Gasteiger charge is -2.10. The van der Waals surface area contributed by atoms with Crippen LogP contribution in [0.1, 0.15) is 59.0 Å². The van der Waals surface area contributed by atoms with Crippen LogP contribution in [0.2, 0.25) is 0 Å². The molecule has 0 aliphatic heterocycles. The molecule has 1 atom stereocenters. The van der Waals surface area contributed by atoms with Crippen molar-refractivity contribution >= 4 is 23.7 Å². The predicted molar refractivity (Wildman–Crippen MR) is 107 cm³/mol. The molecular weight excluding hydrogens is 372 g/mol. The van der Waals surface area contributed by atoms with Crippen LogP contribution in [0.25, 0.3) is 0 Å². The van der Waals surface area contributed by atoms with Gasteiger partial charge in [-0.1, -0.05) is 36.4 Å². The van der Waals surface area contributed by atoms with Crippen LogP contribution in [0.5, 0.6) is 0 Å². The fraction of sp³-hybridized carbons (Fsp3) is 0.304. The molecule has 1 unspecified atom stereocenters. The zero-order valence-corrected chi connectivity index (χ0v) is 16.8. The van der Waals surface area contributed by atoms with E-state index in [2.05, 4.69) is 4.74 Å².